The van der Waals surface area contributed by atoms with Gasteiger partial charge in [0.1, 0.15) is 4.90 Å². The van der Waals surface area contributed by atoms with Gasteiger partial charge < -0.3 is 5.73 Å². The van der Waals surface area contributed by atoms with Crippen LogP contribution in [0.1, 0.15) is 40.0 Å². The molecule has 3 N–H and O–H groups in total. The summed E-state index contributed by atoms with van der Waals surface area (Å²) in [5.74, 6) is 0.0516. The maximum atomic E-state index is 12.2. The summed E-state index contributed by atoms with van der Waals surface area (Å²) in [4.78, 5) is 0.0684. The van der Waals surface area contributed by atoms with Crippen LogP contribution in [0.15, 0.2) is 11.1 Å². The van der Waals surface area contributed by atoms with Crippen LogP contribution in [0, 0.1) is 0 Å². The van der Waals surface area contributed by atoms with Crippen molar-refractivity contribution in [3.63, 3.8) is 0 Å². The van der Waals surface area contributed by atoms with Gasteiger partial charge in [-0.2, -0.15) is 5.10 Å². The normalized spacial score (nSPS) is 13.7. The van der Waals surface area contributed by atoms with Crippen LogP contribution in [-0.2, 0) is 16.6 Å². The molecule has 1 unspecified atom stereocenters. The van der Waals surface area contributed by atoms with Gasteiger partial charge in [0.05, 0.1) is 0 Å². The zero-order chi connectivity index (χ0) is 13.8. The maximum Gasteiger partial charge on any atom is 0.246 e. The average molecular weight is 274 g/mol. The summed E-state index contributed by atoms with van der Waals surface area (Å²) >= 11 is 0. The minimum absolute atomic E-state index is 0.0515. The number of sulfonamides is 1. The summed E-state index contributed by atoms with van der Waals surface area (Å²) < 4.78 is 28.6. The number of anilines is 1. The molecule has 6 nitrogen and oxygen atoms in total. The van der Waals surface area contributed by atoms with E-state index in [-0.39, 0.29) is 16.8 Å². The van der Waals surface area contributed by atoms with Crippen molar-refractivity contribution in [2.75, 3.05) is 5.73 Å². The molecule has 0 radical (unpaired) electrons. The Morgan fingerprint density at radius 1 is 1.44 bits per heavy atom. The van der Waals surface area contributed by atoms with Crippen LogP contribution in [0.2, 0.25) is 0 Å². The molecule has 1 aromatic heterocycles. The molecule has 0 saturated carbocycles. The predicted molar refractivity (Wildman–Crippen MR) is 71.6 cm³/mol. The van der Waals surface area contributed by atoms with E-state index < -0.39 is 10.0 Å². The highest BCUT2D eigenvalue weighted by Gasteiger charge is 2.23. The number of nitrogens with one attached hydrogen (secondary N) is 1. The molecule has 0 aliphatic carbocycles. The monoisotopic (exact) mass is 274 g/mol. The van der Waals surface area contributed by atoms with E-state index >= 15 is 0 Å². The van der Waals surface area contributed by atoms with Crippen LogP contribution < -0.4 is 10.5 Å². The van der Waals surface area contributed by atoms with Gasteiger partial charge in [-0.25, -0.2) is 13.1 Å². The number of aryl methyl sites for hydroxylation is 1. The van der Waals surface area contributed by atoms with Crippen molar-refractivity contribution in [3.05, 3.63) is 6.20 Å². The van der Waals surface area contributed by atoms with Crippen molar-refractivity contribution in [1.82, 2.24) is 14.5 Å². The molecule has 0 aromatic carbocycles. The Labute approximate surface area is 109 Å². The van der Waals surface area contributed by atoms with E-state index in [0.29, 0.717) is 6.54 Å². The third kappa shape index (κ3) is 3.46. The summed E-state index contributed by atoms with van der Waals surface area (Å²) in [6, 6.07) is -0.0515. The summed E-state index contributed by atoms with van der Waals surface area (Å²) in [5, 5.41) is 3.95. The fraction of sp³-hybridized carbons (Fsp3) is 0.727. The molecule has 0 bridgehead atoms. The highest BCUT2D eigenvalue weighted by Crippen LogP contribution is 2.17. The van der Waals surface area contributed by atoms with Crippen LogP contribution in [0.3, 0.4) is 0 Å². The number of hydrogen-bond donors (Lipinski definition) is 2. The summed E-state index contributed by atoms with van der Waals surface area (Å²) in [6.07, 6.45) is 3.98. The molecular weight excluding hydrogens is 252 g/mol. The first-order chi connectivity index (χ1) is 8.44. The number of nitrogens with zero attached hydrogens (tertiary/aromatic N) is 2. The van der Waals surface area contributed by atoms with Crippen LogP contribution in [-0.4, -0.2) is 24.2 Å². The quantitative estimate of drug-likeness (QED) is 0.785. The topological polar surface area (TPSA) is 90.0 Å². The molecule has 7 heteroatoms. The molecule has 104 valence electrons. The lowest BCUT2D eigenvalue weighted by Gasteiger charge is -2.15. The van der Waals surface area contributed by atoms with Gasteiger partial charge in [-0.15, -0.1) is 0 Å². The van der Waals surface area contributed by atoms with Crippen LogP contribution >= 0.6 is 0 Å². The van der Waals surface area contributed by atoms with Crippen LogP contribution in [0.5, 0.6) is 0 Å². The Morgan fingerprint density at radius 3 is 2.56 bits per heavy atom. The van der Waals surface area contributed by atoms with E-state index in [1.165, 1.54) is 10.9 Å². The Morgan fingerprint density at radius 2 is 2.11 bits per heavy atom. The minimum Gasteiger partial charge on any atom is -0.381 e. The van der Waals surface area contributed by atoms with E-state index in [9.17, 15) is 8.42 Å². The Bertz CT molecular complexity index is 481. The van der Waals surface area contributed by atoms with Crippen molar-refractivity contribution in [1.29, 1.82) is 0 Å². The largest absolute Gasteiger partial charge is 0.381 e. The lowest BCUT2D eigenvalue weighted by Crippen LogP contribution is -2.34. The Kier molecular flexibility index (Phi) is 5.15. The van der Waals surface area contributed by atoms with Crippen molar-refractivity contribution in [3.8, 4) is 0 Å². The van der Waals surface area contributed by atoms with Gasteiger partial charge >= 0.3 is 0 Å². The van der Waals surface area contributed by atoms with Crippen LogP contribution in [0.4, 0.5) is 5.82 Å². The third-order valence-corrected chi connectivity index (χ3v) is 4.36. The summed E-state index contributed by atoms with van der Waals surface area (Å²) in [7, 11) is -3.57. The maximum absolute atomic E-state index is 12.2. The van der Waals surface area contributed by atoms with Gasteiger partial charge in [-0.1, -0.05) is 20.3 Å². The van der Waals surface area contributed by atoms with Gasteiger partial charge in [0.2, 0.25) is 10.0 Å². The fourth-order valence-corrected chi connectivity index (χ4v) is 3.19. The second kappa shape index (κ2) is 6.19. The zero-order valence-electron chi connectivity index (χ0n) is 11.2. The van der Waals surface area contributed by atoms with Crippen molar-refractivity contribution < 1.29 is 8.42 Å². The lowest BCUT2D eigenvalue weighted by molar-refractivity contribution is 0.512. The van der Waals surface area contributed by atoms with E-state index in [2.05, 4.69) is 9.82 Å². The zero-order valence-corrected chi connectivity index (χ0v) is 12.0. The summed E-state index contributed by atoms with van der Waals surface area (Å²) in [6.45, 7) is 6.45. The minimum atomic E-state index is -3.57. The van der Waals surface area contributed by atoms with Gasteiger partial charge in [0.15, 0.2) is 5.82 Å². The van der Waals surface area contributed by atoms with E-state index in [4.69, 9.17) is 5.73 Å². The summed E-state index contributed by atoms with van der Waals surface area (Å²) in [5.41, 5.74) is 5.64. The molecule has 0 aliphatic heterocycles. The molecule has 0 aliphatic rings. The highest BCUT2D eigenvalue weighted by molar-refractivity contribution is 7.89. The van der Waals surface area contributed by atoms with Crippen molar-refractivity contribution >= 4 is 15.8 Å². The molecule has 18 heavy (non-hydrogen) atoms. The SMILES string of the molecule is CCCC(CC)NS(=O)(=O)c1cn(CC)nc1N. The first-order valence-electron chi connectivity index (χ1n) is 6.29. The standard InChI is InChI=1S/C11H22N4O2S/c1-4-7-9(5-2)14-18(16,17)10-8-15(6-3)13-11(10)12/h8-9,14H,4-7H2,1-3H3,(H2,12,13). The smallest absolute Gasteiger partial charge is 0.246 e. The van der Waals surface area contributed by atoms with E-state index in [0.717, 1.165) is 19.3 Å². The van der Waals surface area contributed by atoms with E-state index in [1.807, 2.05) is 20.8 Å². The second-order valence-corrected chi connectivity index (χ2v) is 5.93. The molecule has 0 saturated heterocycles. The first-order valence-corrected chi connectivity index (χ1v) is 7.78. The average Bonchev–Trinajstić information content (AvgIpc) is 2.70. The highest BCUT2D eigenvalue weighted by atomic mass is 32.2. The lowest BCUT2D eigenvalue weighted by atomic mass is 10.1. The van der Waals surface area contributed by atoms with Gasteiger partial charge in [-0.05, 0) is 19.8 Å². The number of nitrogens with two attached hydrogens (primary N) is 1. The van der Waals surface area contributed by atoms with Gasteiger partial charge in [0, 0.05) is 18.8 Å². The number of nitrogen functional groups attached to an aromatic ring is 1. The number of aromatic nitrogens is 2. The molecular formula is C11H22N4O2S. The Balaban J connectivity index is 2.94. The van der Waals surface area contributed by atoms with Gasteiger partial charge in [0.25, 0.3) is 0 Å². The molecule has 1 rings (SSSR count). The number of rotatable bonds is 7. The first kappa shape index (κ1) is 15.0. The van der Waals surface area contributed by atoms with Crippen molar-refractivity contribution in [2.24, 2.45) is 0 Å². The predicted octanol–water partition coefficient (Wildman–Crippen LogP) is 1.34. The Hall–Kier alpha value is -1.08. The second-order valence-electron chi connectivity index (χ2n) is 4.25. The van der Waals surface area contributed by atoms with E-state index in [1.54, 1.807) is 0 Å². The van der Waals surface area contributed by atoms with Crippen LogP contribution in [0.25, 0.3) is 0 Å². The molecule has 1 aromatic rings. The molecule has 0 spiro atoms. The van der Waals surface area contributed by atoms with Crippen molar-refractivity contribution in [2.45, 2.75) is 57.5 Å². The molecule has 1 atom stereocenters. The molecule has 0 amide bonds. The molecule has 1 heterocycles. The van der Waals surface area contributed by atoms with Gasteiger partial charge in [-0.3, -0.25) is 4.68 Å². The number of hydrogen-bond acceptors (Lipinski definition) is 4. The molecule has 0 fully saturated rings. The third-order valence-electron chi connectivity index (χ3n) is 2.82. The fourth-order valence-electron chi connectivity index (χ4n) is 1.76.